The second-order valence-corrected chi connectivity index (χ2v) is 5.19. The maximum Gasteiger partial charge on any atom is 0.336 e. The number of nitro benzene ring substituents is 1. The number of rotatable bonds is 5. The summed E-state index contributed by atoms with van der Waals surface area (Å²) < 4.78 is 4.67. The third-order valence-corrected chi connectivity index (χ3v) is 3.76. The number of carbonyl (C=O) groups excluding carboxylic acids is 2. The number of methoxy groups -OCH3 is 1. The lowest BCUT2D eigenvalue weighted by atomic mass is 9.80. The lowest BCUT2D eigenvalue weighted by Gasteiger charge is -2.28. The van der Waals surface area contributed by atoms with E-state index in [2.05, 4.69) is 10.1 Å². The number of ether oxygens (including phenoxy) is 1. The second-order valence-electron chi connectivity index (χ2n) is 5.19. The average Bonchev–Trinajstić information content (AvgIpc) is 2.59. The van der Waals surface area contributed by atoms with E-state index in [1.165, 1.54) is 25.1 Å². The Hall–Kier alpha value is -3.49. The van der Waals surface area contributed by atoms with Gasteiger partial charge in [0.25, 0.3) is 5.69 Å². The smallest absolute Gasteiger partial charge is 0.336 e. The number of allylic oxidation sites excluding steroid dienone is 2. The monoisotopic (exact) mass is 346 g/mol. The maximum atomic E-state index is 12.2. The van der Waals surface area contributed by atoms with Crippen LogP contribution >= 0.6 is 0 Å². The van der Waals surface area contributed by atoms with Crippen LogP contribution in [0.5, 0.6) is 0 Å². The lowest BCUT2D eigenvalue weighted by Crippen LogP contribution is -2.33. The summed E-state index contributed by atoms with van der Waals surface area (Å²) in [5.41, 5.74) is -0.500. The molecule has 2 rings (SSSR count). The molecule has 0 saturated carbocycles. The van der Waals surface area contributed by atoms with Gasteiger partial charge in [0.2, 0.25) is 0 Å². The van der Waals surface area contributed by atoms with Gasteiger partial charge in [-0.25, -0.2) is 9.59 Å². The minimum atomic E-state index is -1.33. The van der Waals surface area contributed by atoms with Gasteiger partial charge in [-0.3, -0.25) is 14.9 Å². The highest BCUT2D eigenvalue weighted by Gasteiger charge is 2.38. The van der Waals surface area contributed by atoms with Gasteiger partial charge in [0.05, 0.1) is 34.8 Å². The number of nitro groups is 1. The van der Waals surface area contributed by atoms with E-state index in [1.807, 2.05) is 0 Å². The number of nitrogens with zero attached hydrogens (tertiary/aromatic N) is 1. The molecule has 0 bridgehead atoms. The van der Waals surface area contributed by atoms with Crippen molar-refractivity contribution in [1.82, 2.24) is 5.32 Å². The fraction of sp³-hybridized carbons (Fsp3) is 0.188. The van der Waals surface area contributed by atoms with Crippen molar-refractivity contribution in [2.24, 2.45) is 0 Å². The number of aldehydes is 1. The number of hydrogen-bond donors (Lipinski definition) is 2. The summed E-state index contributed by atoms with van der Waals surface area (Å²) >= 11 is 0. The molecule has 1 aliphatic heterocycles. The van der Waals surface area contributed by atoms with E-state index in [9.17, 15) is 29.6 Å². The van der Waals surface area contributed by atoms with Crippen LogP contribution < -0.4 is 5.32 Å². The third-order valence-electron chi connectivity index (χ3n) is 3.76. The van der Waals surface area contributed by atoms with Gasteiger partial charge in [0, 0.05) is 17.8 Å². The molecular formula is C16H14N2O7. The molecule has 130 valence electrons. The Bertz CT molecular complexity index is 839. The summed E-state index contributed by atoms with van der Waals surface area (Å²) in [4.78, 5) is 45.6. The highest BCUT2D eigenvalue weighted by atomic mass is 16.6. The third kappa shape index (κ3) is 3.25. The molecule has 0 amide bonds. The van der Waals surface area contributed by atoms with E-state index in [-0.39, 0.29) is 33.8 Å². The minimum absolute atomic E-state index is 0.147. The van der Waals surface area contributed by atoms with Gasteiger partial charge < -0.3 is 15.2 Å². The van der Waals surface area contributed by atoms with E-state index in [1.54, 1.807) is 0 Å². The Morgan fingerprint density at radius 3 is 2.56 bits per heavy atom. The Balaban J connectivity index is 2.78. The first kappa shape index (κ1) is 17.9. The number of carboxylic acid groups (broad SMARTS) is 1. The summed E-state index contributed by atoms with van der Waals surface area (Å²) in [6.07, 6.45) is 0.374. The van der Waals surface area contributed by atoms with Crippen molar-refractivity contribution < 1.29 is 29.2 Å². The minimum Gasteiger partial charge on any atom is -0.478 e. The molecule has 0 radical (unpaired) electrons. The van der Waals surface area contributed by atoms with Gasteiger partial charge in [-0.1, -0.05) is 12.1 Å². The van der Waals surface area contributed by atoms with Crippen LogP contribution in [0.1, 0.15) is 18.4 Å². The number of aliphatic carboxylic acids is 1. The summed E-state index contributed by atoms with van der Waals surface area (Å²) in [6, 6.07) is 5.23. The van der Waals surface area contributed by atoms with Gasteiger partial charge in [-0.15, -0.1) is 0 Å². The Morgan fingerprint density at radius 2 is 2.04 bits per heavy atom. The van der Waals surface area contributed by atoms with Crippen molar-refractivity contribution in [3.63, 3.8) is 0 Å². The number of hydrogen-bond acceptors (Lipinski definition) is 7. The van der Waals surface area contributed by atoms with Crippen LogP contribution in [0.25, 0.3) is 0 Å². The van der Waals surface area contributed by atoms with Crippen molar-refractivity contribution in [3.8, 4) is 0 Å². The van der Waals surface area contributed by atoms with Crippen LogP contribution in [0, 0.1) is 10.1 Å². The molecule has 0 fully saturated rings. The van der Waals surface area contributed by atoms with Crippen LogP contribution in [0.2, 0.25) is 0 Å². The topological polar surface area (TPSA) is 136 Å². The number of non-ortho nitro benzene ring substituents is 1. The first-order valence-corrected chi connectivity index (χ1v) is 7.04. The first-order chi connectivity index (χ1) is 11.8. The average molecular weight is 346 g/mol. The molecule has 1 aromatic carbocycles. The predicted molar refractivity (Wildman–Crippen MR) is 84.4 cm³/mol. The van der Waals surface area contributed by atoms with Crippen molar-refractivity contribution in [1.29, 1.82) is 0 Å². The van der Waals surface area contributed by atoms with E-state index in [0.29, 0.717) is 6.29 Å². The quantitative estimate of drug-likeness (QED) is 0.352. The van der Waals surface area contributed by atoms with Crippen LogP contribution in [0.3, 0.4) is 0 Å². The van der Waals surface area contributed by atoms with Crippen molar-refractivity contribution in [2.45, 2.75) is 12.8 Å². The number of dihydropyridines is 1. The normalized spacial score (nSPS) is 17.0. The number of benzene rings is 1. The van der Waals surface area contributed by atoms with Gasteiger partial charge in [0.1, 0.15) is 0 Å². The van der Waals surface area contributed by atoms with E-state index < -0.39 is 22.8 Å². The fourth-order valence-electron chi connectivity index (χ4n) is 2.72. The van der Waals surface area contributed by atoms with Crippen molar-refractivity contribution in [2.75, 3.05) is 7.11 Å². The Labute approximate surface area is 141 Å². The molecule has 1 aromatic rings. The zero-order valence-corrected chi connectivity index (χ0v) is 13.3. The largest absolute Gasteiger partial charge is 0.478 e. The summed E-state index contributed by atoms with van der Waals surface area (Å²) in [6.45, 7) is 1.44. The molecule has 2 N–H and O–H groups in total. The predicted octanol–water partition coefficient (Wildman–Crippen LogP) is 1.27. The molecule has 0 aliphatic carbocycles. The zero-order chi connectivity index (χ0) is 18.7. The molecule has 1 aliphatic rings. The maximum absolute atomic E-state index is 12.2. The molecule has 9 heteroatoms. The highest BCUT2D eigenvalue weighted by Crippen LogP contribution is 2.39. The summed E-state index contributed by atoms with van der Waals surface area (Å²) in [5, 5.41) is 23.1. The van der Waals surface area contributed by atoms with Gasteiger partial charge in [-0.05, 0) is 12.5 Å². The van der Waals surface area contributed by atoms with Crippen LogP contribution in [0.4, 0.5) is 5.69 Å². The number of carbonyl (C=O) groups is 3. The molecule has 1 unspecified atom stereocenters. The Morgan fingerprint density at radius 1 is 1.36 bits per heavy atom. The molecule has 25 heavy (non-hydrogen) atoms. The Kier molecular flexibility index (Phi) is 4.97. The molecule has 1 heterocycles. The number of carboxylic acids is 1. The summed E-state index contributed by atoms with van der Waals surface area (Å²) in [5.74, 6) is -3.42. The summed E-state index contributed by atoms with van der Waals surface area (Å²) in [7, 11) is 1.09. The van der Waals surface area contributed by atoms with Crippen LogP contribution in [-0.2, 0) is 19.1 Å². The second kappa shape index (κ2) is 6.95. The fourth-order valence-corrected chi connectivity index (χ4v) is 2.72. The van der Waals surface area contributed by atoms with Crippen LogP contribution in [-0.4, -0.2) is 35.4 Å². The molecular weight excluding hydrogens is 332 g/mol. The zero-order valence-electron chi connectivity index (χ0n) is 13.3. The van der Waals surface area contributed by atoms with E-state index in [0.717, 1.165) is 13.2 Å². The lowest BCUT2D eigenvalue weighted by molar-refractivity contribution is -0.384. The molecule has 0 aromatic heterocycles. The van der Waals surface area contributed by atoms with Crippen LogP contribution in [0.15, 0.2) is 46.8 Å². The van der Waals surface area contributed by atoms with Gasteiger partial charge in [0.15, 0.2) is 6.29 Å². The first-order valence-electron chi connectivity index (χ1n) is 7.04. The van der Waals surface area contributed by atoms with E-state index in [4.69, 9.17) is 0 Å². The molecule has 9 nitrogen and oxygen atoms in total. The molecule has 0 saturated heterocycles. The SMILES string of the molecule is COC(=O)C1=C(C=O)NC(C)=C(C(=O)O)C1c1cccc([N+](=O)[O-])c1. The number of esters is 1. The van der Waals surface area contributed by atoms with Gasteiger partial charge in [-0.2, -0.15) is 0 Å². The molecule has 1 atom stereocenters. The number of nitrogens with one attached hydrogen (secondary N) is 1. The van der Waals surface area contributed by atoms with Crippen molar-refractivity contribution in [3.05, 3.63) is 62.5 Å². The standard InChI is InChI=1S/C16H14N2O7/c1-8-12(15(20)21)13(9-4-3-5-10(6-9)18(23)24)14(16(22)25-2)11(7-19)17-8/h3-7,13,17H,1-2H3,(H,20,21). The van der Waals surface area contributed by atoms with Crippen molar-refractivity contribution >= 4 is 23.9 Å². The highest BCUT2D eigenvalue weighted by molar-refractivity contribution is 6.02. The van der Waals surface area contributed by atoms with Gasteiger partial charge >= 0.3 is 11.9 Å². The van der Waals surface area contributed by atoms with E-state index >= 15 is 0 Å². The molecule has 0 spiro atoms.